The molecule has 3 aromatic rings. The van der Waals surface area contributed by atoms with Crippen LogP contribution in [0.1, 0.15) is 17.5 Å². The minimum absolute atomic E-state index is 0.119. The summed E-state index contributed by atoms with van der Waals surface area (Å²) >= 11 is 0. The molecule has 0 spiro atoms. The van der Waals surface area contributed by atoms with Crippen molar-refractivity contribution in [1.29, 1.82) is 0 Å². The van der Waals surface area contributed by atoms with E-state index >= 15 is 0 Å². The topological polar surface area (TPSA) is 179 Å². The van der Waals surface area contributed by atoms with Crippen molar-refractivity contribution in [2.45, 2.75) is 56.5 Å². The van der Waals surface area contributed by atoms with Crippen molar-refractivity contribution in [3.8, 4) is 11.6 Å². The van der Waals surface area contributed by atoms with E-state index in [1.165, 1.54) is 0 Å². The van der Waals surface area contributed by atoms with E-state index in [1.54, 1.807) is 4.68 Å². The predicted octanol–water partition coefficient (Wildman–Crippen LogP) is -0.657. The second-order valence-corrected chi connectivity index (χ2v) is 9.70. The lowest BCUT2D eigenvalue weighted by molar-refractivity contribution is -0.278. The van der Waals surface area contributed by atoms with E-state index in [0.717, 1.165) is 41.8 Å². The molecule has 12 nitrogen and oxygen atoms in total. The van der Waals surface area contributed by atoms with Crippen LogP contribution < -0.4 is 14.8 Å². The van der Waals surface area contributed by atoms with Gasteiger partial charge < -0.3 is 50.2 Å². The zero-order chi connectivity index (χ0) is 28.5. The lowest BCUT2D eigenvalue weighted by Crippen LogP contribution is -2.60. The molecule has 1 aliphatic heterocycles. The monoisotopic (exact) mass is 561 g/mol. The molecule has 0 radical (unpaired) electrons. The Hall–Kier alpha value is -2.81. The Morgan fingerprint density at radius 1 is 0.900 bits per heavy atom. The van der Waals surface area contributed by atoms with Gasteiger partial charge in [-0.05, 0) is 55.1 Å². The Morgan fingerprint density at radius 2 is 1.70 bits per heavy atom. The van der Waals surface area contributed by atoms with Gasteiger partial charge in [0.25, 0.3) is 0 Å². The lowest BCUT2D eigenvalue weighted by Gasteiger charge is -2.39. The Bertz CT molecular complexity index is 1190. The number of nitrogens with zero attached hydrogens (tertiary/aromatic N) is 2. The summed E-state index contributed by atoms with van der Waals surface area (Å²) in [5.74, 6) is 0.939. The van der Waals surface area contributed by atoms with Gasteiger partial charge in [-0.3, -0.25) is 4.68 Å². The zero-order valence-electron chi connectivity index (χ0n) is 22.3. The van der Waals surface area contributed by atoms with Gasteiger partial charge in [-0.15, -0.1) is 5.10 Å². The van der Waals surface area contributed by atoms with Gasteiger partial charge in [-0.25, -0.2) is 0 Å². The van der Waals surface area contributed by atoms with Crippen LogP contribution in [0.4, 0.5) is 0 Å². The summed E-state index contributed by atoms with van der Waals surface area (Å²) in [7, 11) is 0. The van der Waals surface area contributed by atoms with E-state index in [2.05, 4.69) is 10.4 Å². The summed E-state index contributed by atoms with van der Waals surface area (Å²) in [6, 6.07) is 13.6. The molecule has 0 aliphatic carbocycles. The number of aryl methyl sites for hydroxylation is 2. The smallest absolute Gasteiger partial charge is 0.243 e. The normalized spacial score (nSPS) is 23.0. The van der Waals surface area contributed by atoms with Crippen molar-refractivity contribution in [2.24, 2.45) is 0 Å². The standard InChI is InChI=1S/C28H39N3O9/c32-14-12-29-11-2-16-38-20-9-6-18(7-10-20)5-8-19-3-1-4-21-23(19)27(30-31(21)13-15-33)40-28-26(37)25(36)24(35)22(17-34)39-28/h1,3-4,6-7,9-10,22,24-26,28-29,32-37H,2,5,8,11-17H2/t22-,24-,25+,26-,28+/m1/s1. The van der Waals surface area contributed by atoms with Gasteiger partial charge in [-0.1, -0.05) is 24.3 Å². The molecule has 0 bridgehead atoms. The van der Waals surface area contributed by atoms with Crippen LogP contribution in [0.15, 0.2) is 42.5 Å². The van der Waals surface area contributed by atoms with Gasteiger partial charge in [0.05, 0.1) is 43.9 Å². The maximum absolute atomic E-state index is 10.5. The van der Waals surface area contributed by atoms with Gasteiger partial charge in [0.1, 0.15) is 30.2 Å². The largest absolute Gasteiger partial charge is 0.494 e. The van der Waals surface area contributed by atoms with Crippen LogP contribution in [0, 0.1) is 0 Å². The molecule has 0 saturated carbocycles. The average Bonchev–Trinajstić information content (AvgIpc) is 3.32. The first-order chi connectivity index (χ1) is 19.5. The molecule has 2 heterocycles. The molecule has 2 aromatic carbocycles. The summed E-state index contributed by atoms with van der Waals surface area (Å²) < 4.78 is 18.8. The summed E-state index contributed by atoms with van der Waals surface area (Å²) in [5.41, 5.74) is 2.76. The van der Waals surface area contributed by atoms with Crippen molar-refractivity contribution in [3.05, 3.63) is 53.6 Å². The highest BCUT2D eigenvalue weighted by Crippen LogP contribution is 2.32. The van der Waals surface area contributed by atoms with E-state index < -0.39 is 37.3 Å². The van der Waals surface area contributed by atoms with Gasteiger partial charge in [0.15, 0.2) is 0 Å². The SMILES string of the molecule is OCCNCCCOc1ccc(CCc2cccc3c2c(O[C@@H]2O[C@H](CO)[C@@H](O)[C@H](O)[C@H]2O)nn3CCO)cc1. The minimum atomic E-state index is -1.57. The number of benzene rings is 2. The Morgan fingerprint density at radius 3 is 2.42 bits per heavy atom. The van der Waals surface area contributed by atoms with Crippen molar-refractivity contribution in [3.63, 3.8) is 0 Å². The molecule has 0 amide bonds. The van der Waals surface area contributed by atoms with Crippen LogP contribution in [0.3, 0.4) is 0 Å². The summed E-state index contributed by atoms with van der Waals surface area (Å²) in [4.78, 5) is 0. The first kappa shape index (κ1) is 30.2. The highest BCUT2D eigenvalue weighted by Gasteiger charge is 2.45. The first-order valence-electron chi connectivity index (χ1n) is 13.6. The number of nitrogens with one attached hydrogen (secondary N) is 1. The van der Waals surface area contributed by atoms with Crippen LogP contribution in [0.2, 0.25) is 0 Å². The number of hydrogen-bond acceptors (Lipinski definition) is 11. The molecule has 7 N–H and O–H groups in total. The predicted molar refractivity (Wildman–Crippen MR) is 145 cm³/mol. The van der Waals surface area contributed by atoms with E-state index in [4.69, 9.17) is 19.3 Å². The molecular formula is C28H39N3O9. The third-order valence-electron chi connectivity index (χ3n) is 6.88. The van der Waals surface area contributed by atoms with Crippen LogP contribution in [0.25, 0.3) is 10.9 Å². The molecule has 1 aromatic heterocycles. The van der Waals surface area contributed by atoms with Gasteiger partial charge in [0.2, 0.25) is 12.2 Å². The summed E-state index contributed by atoms with van der Waals surface area (Å²) in [5, 5.41) is 66.9. The number of ether oxygens (including phenoxy) is 3. The highest BCUT2D eigenvalue weighted by molar-refractivity contribution is 5.88. The summed E-state index contributed by atoms with van der Waals surface area (Å²) in [6.45, 7) is 1.56. The van der Waals surface area contributed by atoms with Crippen molar-refractivity contribution in [1.82, 2.24) is 15.1 Å². The molecule has 1 saturated heterocycles. The number of fused-ring (bicyclic) bond motifs is 1. The van der Waals surface area contributed by atoms with Crippen LogP contribution in [-0.2, 0) is 24.1 Å². The maximum Gasteiger partial charge on any atom is 0.243 e. The number of aromatic nitrogens is 2. The number of aliphatic hydroxyl groups is 6. The number of aliphatic hydroxyl groups excluding tert-OH is 6. The third kappa shape index (κ3) is 7.28. The van der Waals surface area contributed by atoms with Crippen molar-refractivity contribution < 1.29 is 44.8 Å². The third-order valence-corrected chi connectivity index (χ3v) is 6.88. The molecule has 12 heteroatoms. The zero-order valence-corrected chi connectivity index (χ0v) is 22.3. The molecule has 4 rings (SSSR count). The fraction of sp³-hybridized carbons (Fsp3) is 0.536. The molecular weight excluding hydrogens is 522 g/mol. The minimum Gasteiger partial charge on any atom is -0.494 e. The van der Waals surface area contributed by atoms with E-state index in [-0.39, 0.29) is 25.6 Å². The van der Waals surface area contributed by atoms with Crippen LogP contribution in [0.5, 0.6) is 11.6 Å². The van der Waals surface area contributed by atoms with Crippen molar-refractivity contribution >= 4 is 10.9 Å². The highest BCUT2D eigenvalue weighted by atomic mass is 16.7. The first-order valence-corrected chi connectivity index (χ1v) is 13.6. The number of rotatable bonds is 15. The van der Waals surface area contributed by atoms with E-state index in [0.29, 0.717) is 25.0 Å². The molecule has 220 valence electrons. The fourth-order valence-corrected chi connectivity index (χ4v) is 4.72. The van der Waals surface area contributed by atoms with Crippen LogP contribution in [-0.4, -0.2) is 111 Å². The average molecular weight is 562 g/mol. The van der Waals surface area contributed by atoms with Crippen LogP contribution >= 0.6 is 0 Å². The molecule has 0 unspecified atom stereocenters. The Kier molecular flexibility index (Phi) is 11.1. The van der Waals surface area contributed by atoms with Gasteiger partial charge in [0, 0.05) is 6.54 Å². The van der Waals surface area contributed by atoms with E-state index in [1.807, 2.05) is 42.5 Å². The molecule has 1 aliphatic rings. The number of hydrogen-bond donors (Lipinski definition) is 7. The maximum atomic E-state index is 10.5. The van der Waals surface area contributed by atoms with Gasteiger partial charge >= 0.3 is 0 Å². The molecule has 40 heavy (non-hydrogen) atoms. The summed E-state index contributed by atoms with van der Waals surface area (Å²) in [6.07, 6.45) is -4.92. The Labute approximate surface area is 232 Å². The second-order valence-electron chi connectivity index (χ2n) is 9.70. The quantitative estimate of drug-likeness (QED) is 0.117. The lowest BCUT2D eigenvalue weighted by atomic mass is 9.99. The fourth-order valence-electron chi connectivity index (χ4n) is 4.72. The Balaban J connectivity index is 1.47. The molecule has 1 fully saturated rings. The van der Waals surface area contributed by atoms with Crippen molar-refractivity contribution in [2.75, 3.05) is 39.5 Å². The molecule has 5 atom stereocenters. The van der Waals surface area contributed by atoms with Gasteiger partial charge in [-0.2, -0.15) is 0 Å². The van der Waals surface area contributed by atoms with E-state index in [9.17, 15) is 25.5 Å². The second kappa shape index (κ2) is 14.7.